The molecular formula is C22H27N3O4. The first-order valence-corrected chi connectivity index (χ1v) is 9.75. The van der Waals surface area contributed by atoms with Crippen LogP contribution >= 0.6 is 0 Å². The molecule has 3 heterocycles. The lowest BCUT2D eigenvalue weighted by Crippen LogP contribution is -2.43. The Kier molecular flexibility index (Phi) is 5.34. The molecule has 0 amide bonds. The third-order valence-corrected chi connectivity index (χ3v) is 5.57. The van der Waals surface area contributed by atoms with Crippen LogP contribution in [-0.4, -0.2) is 61.8 Å². The molecule has 29 heavy (non-hydrogen) atoms. The molecule has 1 aliphatic heterocycles. The molecule has 1 aliphatic rings. The largest absolute Gasteiger partial charge is 0.493 e. The van der Waals surface area contributed by atoms with E-state index < -0.39 is 0 Å². The molecular weight excluding hydrogens is 370 g/mol. The number of fused-ring (bicyclic) bond motifs is 1. The van der Waals surface area contributed by atoms with Gasteiger partial charge in [0, 0.05) is 45.0 Å². The average molecular weight is 397 g/mol. The van der Waals surface area contributed by atoms with Gasteiger partial charge in [-0.15, -0.1) is 0 Å². The van der Waals surface area contributed by atoms with E-state index in [2.05, 4.69) is 16.8 Å². The van der Waals surface area contributed by atoms with Gasteiger partial charge in [0.15, 0.2) is 11.5 Å². The first-order valence-electron chi connectivity index (χ1n) is 9.75. The number of pyridine rings is 1. The van der Waals surface area contributed by atoms with Gasteiger partial charge in [-0.1, -0.05) is 6.07 Å². The van der Waals surface area contributed by atoms with Gasteiger partial charge in [-0.2, -0.15) is 0 Å². The molecule has 0 spiro atoms. The summed E-state index contributed by atoms with van der Waals surface area (Å²) in [5.41, 5.74) is 2.32. The molecule has 0 radical (unpaired) electrons. The molecule has 2 aromatic heterocycles. The highest BCUT2D eigenvalue weighted by Crippen LogP contribution is 2.35. The molecule has 3 aromatic rings. The van der Waals surface area contributed by atoms with Crippen molar-refractivity contribution >= 4 is 11.0 Å². The summed E-state index contributed by atoms with van der Waals surface area (Å²) in [5.74, 6) is 2.11. The van der Waals surface area contributed by atoms with Gasteiger partial charge in [0.05, 0.1) is 26.2 Å². The molecule has 0 saturated carbocycles. The maximum Gasteiger partial charge on any atom is 0.261 e. The topological polar surface area (TPSA) is 60.1 Å². The maximum absolute atomic E-state index is 12.7. The normalized spacial score (nSPS) is 15.7. The van der Waals surface area contributed by atoms with Crippen molar-refractivity contribution < 1.29 is 13.9 Å². The Hall–Kier alpha value is -2.77. The highest BCUT2D eigenvalue weighted by Gasteiger charge is 2.19. The number of benzene rings is 1. The maximum atomic E-state index is 12.7. The Morgan fingerprint density at radius 3 is 2.41 bits per heavy atom. The molecule has 4 rings (SSSR count). The summed E-state index contributed by atoms with van der Waals surface area (Å²) in [6.07, 6.45) is 1.81. The monoisotopic (exact) mass is 397 g/mol. The van der Waals surface area contributed by atoms with Crippen molar-refractivity contribution in [1.29, 1.82) is 0 Å². The summed E-state index contributed by atoms with van der Waals surface area (Å²) in [7, 11) is 7.12. The number of likely N-dealkylation sites (N-methyl/N-ethyl adjacent to an activating group) is 1. The molecule has 1 saturated heterocycles. The Morgan fingerprint density at radius 2 is 1.72 bits per heavy atom. The summed E-state index contributed by atoms with van der Waals surface area (Å²) < 4.78 is 18.6. The number of hydrogen-bond donors (Lipinski definition) is 0. The van der Waals surface area contributed by atoms with Crippen LogP contribution in [0.4, 0.5) is 0 Å². The molecule has 0 bridgehead atoms. The summed E-state index contributed by atoms with van der Waals surface area (Å²) in [4.78, 5) is 17.4. The van der Waals surface area contributed by atoms with E-state index in [1.165, 1.54) is 0 Å². The van der Waals surface area contributed by atoms with Gasteiger partial charge in [-0.05, 0) is 30.8 Å². The summed E-state index contributed by atoms with van der Waals surface area (Å²) in [5, 5.41) is 0.601. The fraction of sp³-hybridized carbons (Fsp3) is 0.409. The van der Waals surface area contributed by atoms with Crippen LogP contribution in [0.1, 0.15) is 5.76 Å². The van der Waals surface area contributed by atoms with E-state index >= 15 is 0 Å². The minimum Gasteiger partial charge on any atom is -0.493 e. The number of nitrogens with zero attached hydrogens (tertiary/aromatic N) is 3. The number of piperazine rings is 1. The van der Waals surface area contributed by atoms with E-state index in [9.17, 15) is 4.79 Å². The van der Waals surface area contributed by atoms with E-state index in [-0.39, 0.29) is 5.56 Å². The highest BCUT2D eigenvalue weighted by atomic mass is 16.5. The Morgan fingerprint density at radius 1 is 1.00 bits per heavy atom. The molecule has 154 valence electrons. The van der Waals surface area contributed by atoms with Crippen LogP contribution in [0.2, 0.25) is 0 Å². The molecule has 0 aliphatic carbocycles. The first-order chi connectivity index (χ1) is 14.0. The van der Waals surface area contributed by atoms with Crippen molar-refractivity contribution in [1.82, 2.24) is 14.4 Å². The third kappa shape index (κ3) is 3.75. The van der Waals surface area contributed by atoms with Crippen molar-refractivity contribution in [2.75, 3.05) is 47.4 Å². The van der Waals surface area contributed by atoms with Crippen molar-refractivity contribution in [2.24, 2.45) is 7.05 Å². The predicted octanol–water partition coefficient (Wildman–Crippen LogP) is 2.56. The first kappa shape index (κ1) is 19.5. The summed E-state index contributed by atoms with van der Waals surface area (Å²) >= 11 is 0. The fourth-order valence-electron chi connectivity index (χ4n) is 3.82. The number of hydrogen-bond acceptors (Lipinski definition) is 6. The van der Waals surface area contributed by atoms with E-state index in [4.69, 9.17) is 13.9 Å². The van der Waals surface area contributed by atoms with Crippen molar-refractivity contribution in [3.8, 4) is 22.6 Å². The van der Waals surface area contributed by atoms with Crippen LogP contribution in [0.3, 0.4) is 0 Å². The minimum atomic E-state index is -0.0578. The number of aromatic nitrogens is 1. The zero-order valence-corrected chi connectivity index (χ0v) is 17.4. The van der Waals surface area contributed by atoms with Gasteiger partial charge >= 0.3 is 0 Å². The van der Waals surface area contributed by atoms with E-state index in [1.807, 2.05) is 30.5 Å². The highest BCUT2D eigenvalue weighted by molar-refractivity contribution is 5.92. The number of ether oxygens (including phenoxy) is 2. The Bertz CT molecular complexity index is 1080. The summed E-state index contributed by atoms with van der Waals surface area (Å²) in [6, 6.07) is 7.60. The zero-order chi connectivity index (χ0) is 20.5. The van der Waals surface area contributed by atoms with Crippen LogP contribution in [0, 0.1) is 0 Å². The quantitative estimate of drug-likeness (QED) is 0.660. The lowest BCUT2D eigenvalue weighted by Gasteiger charge is -2.31. The third-order valence-electron chi connectivity index (χ3n) is 5.57. The van der Waals surface area contributed by atoms with E-state index in [0.29, 0.717) is 29.0 Å². The average Bonchev–Trinajstić information content (AvgIpc) is 3.16. The van der Waals surface area contributed by atoms with E-state index in [0.717, 1.165) is 43.1 Å². The molecule has 7 nitrogen and oxygen atoms in total. The molecule has 0 unspecified atom stereocenters. The molecule has 7 heteroatoms. The zero-order valence-electron chi connectivity index (χ0n) is 17.4. The summed E-state index contributed by atoms with van der Waals surface area (Å²) in [6.45, 7) is 4.77. The van der Waals surface area contributed by atoms with Crippen LogP contribution in [0.5, 0.6) is 11.5 Å². The van der Waals surface area contributed by atoms with Gasteiger partial charge in [0.2, 0.25) is 0 Å². The van der Waals surface area contributed by atoms with Crippen LogP contribution < -0.4 is 15.0 Å². The Balaban J connectivity index is 1.76. The second-order valence-electron chi connectivity index (χ2n) is 7.56. The fourth-order valence-corrected chi connectivity index (χ4v) is 3.82. The number of furan rings is 1. The van der Waals surface area contributed by atoms with Gasteiger partial charge in [0.1, 0.15) is 11.3 Å². The van der Waals surface area contributed by atoms with Crippen LogP contribution in [0.15, 0.2) is 39.7 Å². The number of aryl methyl sites for hydroxylation is 1. The van der Waals surface area contributed by atoms with Gasteiger partial charge < -0.3 is 23.4 Å². The van der Waals surface area contributed by atoms with Crippen molar-refractivity contribution in [2.45, 2.75) is 6.54 Å². The van der Waals surface area contributed by atoms with Gasteiger partial charge in [-0.3, -0.25) is 9.69 Å². The van der Waals surface area contributed by atoms with E-state index in [1.54, 1.807) is 25.8 Å². The molecule has 0 atom stereocenters. The minimum absolute atomic E-state index is 0.0578. The number of rotatable bonds is 5. The second kappa shape index (κ2) is 7.93. The predicted molar refractivity (Wildman–Crippen MR) is 113 cm³/mol. The van der Waals surface area contributed by atoms with Crippen LogP contribution in [0.25, 0.3) is 22.1 Å². The second-order valence-corrected chi connectivity index (χ2v) is 7.56. The lowest BCUT2D eigenvalue weighted by atomic mass is 10.1. The van der Waals surface area contributed by atoms with Crippen LogP contribution in [-0.2, 0) is 13.6 Å². The van der Waals surface area contributed by atoms with Gasteiger partial charge in [0.25, 0.3) is 5.56 Å². The van der Waals surface area contributed by atoms with Crippen molar-refractivity contribution in [3.63, 3.8) is 0 Å². The smallest absolute Gasteiger partial charge is 0.261 e. The Labute approximate surface area is 170 Å². The molecule has 0 N–H and O–H groups in total. The van der Waals surface area contributed by atoms with Crippen molar-refractivity contribution in [3.05, 3.63) is 46.6 Å². The molecule has 1 fully saturated rings. The van der Waals surface area contributed by atoms with Gasteiger partial charge in [-0.25, -0.2) is 0 Å². The lowest BCUT2D eigenvalue weighted by molar-refractivity contribution is 0.141. The number of methoxy groups -OCH3 is 2. The SMILES string of the molecule is COc1ccc(-c2cn(C)c(=O)c3cc(CN4CCN(C)CC4)oc23)cc1OC. The standard InChI is InChI=1S/C22H27N3O4/c1-23-7-9-25(10-8-23)13-16-12-17-21(29-16)18(14-24(2)22(17)26)15-5-6-19(27-3)20(11-15)28-4/h5-6,11-12,14H,7-10,13H2,1-4H3. The molecule has 1 aromatic carbocycles.